The van der Waals surface area contributed by atoms with Gasteiger partial charge in [-0.25, -0.2) is 4.98 Å². The van der Waals surface area contributed by atoms with Gasteiger partial charge < -0.3 is 20.1 Å². The van der Waals surface area contributed by atoms with Crippen molar-refractivity contribution in [2.45, 2.75) is 32.0 Å². The number of carbonyl (C=O) groups excluding carboxylic acids is 1. The Kier molecular flexibility index (Phi) is 7.56. The molecule has 7 nitrogen and oxygen atoms in total. The smallest absolute Gasteiger partial charge is 0.262 e. The van der Waals surface area contributed by atoms with Gasteiger partial charge in [0.1, 0.15) is 39.9 Å². The van der Waals surface area contributed by atoms with Crippen LogP contribution in [-0.2, 0) is 0 Å². The summed E-state index contributed by atoms with van der Waals surface area (Å²) in [5.41, 5.74) is 7.87. The molecule has 4 aromatic rings. The summed E-state index contributed by atoms with van der Waals surface area (Å²) in [5, 5.41) is 2.02. The van der Waals surface area contributed by atoms with E-state index in [0.29, 0.717) is 42.0 Å². The van der Waals surface area contributed by atoms with Crippen LogP contribution in [-0.4, -0.2) is 46.6 Å². The molecular weight excluding hydrogens is 555 g/mol. The third-order valence-electron chi connectivity index (χ3n) is 6.43. The van der Waals surface area contributed by atoms with E-state index in [0.717, 1.165) is 37.0 Å². The van der Waals surface area contributed by atoms with E-state index in [1.54, 1.807) is 24.5 Å². The maximum absolute atomic E-state index is 12.3. The van der Waals surface area contributed by atoms with Gasteiger partial charge in [-0.1, -0.05) is 46.9 Å². The lowest BCUT2D eigenvalue weighted by Gasteiger charge is -2.30. The van der Waals surface area contributed by atoms with Crippen LogP contribution in [0.1, 0.15) is 41.1 Å². The molecule has 194 valence electrons. The van der Waals surface area contributed by atoms with Gasteiger partial charge in [-0.2, -0.15) is 0 Å². The highest BCUT2D eigenvalue weighted by Crippen LogP contribution is 2.39. The molecule has 3 heterocycles. The molecule has 0 saturated carbocycles. The van der Waals surface area contributed by atoms with Gasteiger partial charge in [0.05, 0.1) is 26.1 Å². The number of benzene rings is 2. The van der Waals surface area contributed by atoms with Crippen LogP contribution >= 0.6 is 46.1 Å². The SMILES string of the molecule is C[C@@H](Oc1cc(-n2cnc3cc(Cl)c(Cl)cc32)sc1C(N)=O)c1cccc(OC2CCN(C)CC2)c1Cl. The molecule has 37 heavy (non-hydrogen) atoms. The second-order valence-electron chi connectivity index (χ2n) is 9.05. The van der Waals surface area contributed by atoms with Crippen molar-refractivity contribution in [1.29, 1.82) is 0 Å². The van der Waals surface area contributed by atoms with Crippen LogP contribution in [0, 0.1) is 0 Å². The Morgan fingerprint density at radius 1 is 1.14 bits per heavy atom. The van der Waals surface area contributed by atoms with E-state index in [4.69, 9.17) is 50.0 Å². The second-order valence-corrected chi connectivity index (χ2v) is 11.3. The Hall–Kier alpha value is -2.49. The lowest BCUT2D eigenvalue weighted by atomic mass is 10.1. The van der Waals surface area contributed by atoms with Crippen molar-refractivity contribution in [3.63, 3.8) is 0 Å². The molecular formula is C26H25Cl3N4O3S. The number of nitrogens with zero attached hydrogens (tertiary/aromatic N) is 3. The lowest BCUT2D eigenvalue weighted by Crippen LogP contribution is -2.35. The molecule has 11 heteroatoms. The predicted molar refractivity (Wildman–Crippen MR) is 149 cm³/mol. The van der Waals surface area contributed by atoms with Gasteiger partial charge in [0.15, 0.2) is 0 Å². The summed E-state index contributed by atoms with van der Waals surface area (Å²) in [6.07, 6.45) is 3.19. The van der Waals surface area contributed by atoms with Gasteiger partial charge in [0.2, 0.25) is 0 Å². The molecule has 1 amide bonds. The van der Waals surface area contributed by atoms with Crippen molar-refractivity contribution in [3.8, 4) is 16.5 Å². The Bertz CT molecular complexity index is 1460. The number of ether oxygens (including phenoxy) is 2. The zero-order valence-corrected chi connectivity index (χ0v) is 23.3. The van der Waals surface area contributed by atoms with Gasteiger partial charge in [0, 0.05) is 24.7 Å². The van der Waals surface area contributed by atoms with Crippen LogP contribution in [0.25, 0.3) is 16.0 Å². The number of thiophene rings is 1. The van der Waals surface area contributed by atoms with Crippen LogP contribution in [0.5, 0.6) is 11.5 Å². The molecule has 1 aliphatic rings. The average Bonchev–Trinajstić information content (AvgIpc) is 3.46. The summed E-state index contributed by atoms with van der Waals surface area (Å²) < 4.78 is 14.3. The number of amides is 1. The molecule has 1 saturated heterocycles. The average molecular weight is 580 g/mol. The molecule has 2 aromatic heterocycles. The van der Waals surface area contributed by atoms with Crippen molar-refractivity contribution < 1.29 is 14.3 Å². The Balaban J connectivity index is 1.41. The first-order valence-corrected chi connectivity index (χ1v) is 13.7. The third-order valence-corrected chi connectivity index (χ3v) is 8.69. The number of halogens is 3. The summed E-state index contributed by atoms with van der Waals surface area (Å²) in [6.45, 7) is 3.85. The molecule has 2 aromatic carbocycles. The maximum atomic E-state index is 12.3. The van der Waals surface area contributed by atoms with Gasteiger partial charge in [-0.05, 0) is 45.0 Å². The van der Waals surface area contributed by atoms with Crippen molar-refractivity contribution in [3.05, 3.63) is 68.2 Å². The largest absolute Gasteiger partial charge is 0.489 e. The number of hydrogen-bond donors (Lipinski definition) is 1. The monoisotopic (exact) mass is 578 g/mol. The maximum Gasteiger partial charge on any atom is 0.262 e. The molecule has 1 fully saturated rings. The summed E-state index contributed by atoms with van der Waals surface area (Å²) in [4.78, 5) is 19.3. The standard InChI is InChI=1S/C26H25Cl3N4O3S/c1-14(16-4-3-5-21(24(16)29)36-15-6-8-32(2)9-7-15)35-22-12-23(37-25(22)26(30)34)33-13-31-19-10-17(27)18(28)11-20(19)33/h3-5,10-15H,6-9H2,1-2H3,(H2,30,34)/t14-/m1/s1. The minimum Gasteiger partial charge on any atom is -0.489 e. The predicted octanol–water partition coefficient (Wildman–Crippen LogP) is 6.76. The second kappa shape index (κ2) is 10.7. The van der Waals surface area contributed by atoms with E-state index in [2.05, 4.69) is 16.9 Å². The summed E-state index contributed by atoms with van der Waals surface area (Å²) in [6, 6.07) is 10.8. The fraction of sp³-hybridized carbons (Fsp3) is 0.308. The number of nitrogens with two attached hydrogens (primary N) is 1. The van der Waals surface area contributed by atoms with Crippen LogP contribution in [0.2, 0.25) is 15.1 Å². The highest BCUT2D eigenvalue weighted by molar-refractivity contribution is 7.16. The molecule has 0 aliphatic carbocycles. The lowest BCUT2D eigenvalue weighted by molar-refractivity contribution is 0.0998. The number of piperidine rings is 1. The zero-order chi connectivity index (χ0) is 26.3. The summed E-state index contributed by atoms with van der Waals surface area (Å²) in [7, 11) is 2.11. The van der Waals surface area contributed by atoms with Crippen LogP contribution < -0.4 is 15.2 Å². The highest BCUT2D eigenvalue weighted by atomic mass is 35.5. The van der Waals surface area contributed by atoms with Crippen molar-refractivity contribution >= 4 is 63.1 Å². The third kappa shape index (κ3) is 5.40. The van der Waals surface area contributed by atoms with E-state index >= 15 is 0 Å². The van der Waals surface area contributed by atoms with Crippen LogP contribution in [0.3, 0.4) is 0 Å². The van der Waals surface area contributed by atoms with Gasteiger partial charge in [-0.15, -0.1) is 11.3 Å². The van der Waals surface area contributed by atoms with Crippen molar-refractivity contribution in [2.75, 3.05) is 20.1 Å². The van der Waals surface area contributed by atoms with Crippen LogP contribution in [0.4, 0.5) is 0 Å². The first-order chi connectivity index (χ1) is 17.7. The van der Waals surface area contributed by atoms with E-state index < -0.39 is 12.0 Å². The summed E-state index contributed by atoms with van der Waals surface area (Å²) in [5.74, 6) is 0.403. The molecule has 0 spiro atoms. The number of hydrogen-bond acceptors (Lipinski definition) is 6. The molecule has 1 atom stereocenters. The number of primary amides is 1. The molecule has 2 N–H and O–H groups in total. The fourth-order valence-corrected chi connectivity index (χ4v) is 5.96. The highest BCUT2D eigenvalue weighted by Gasteiger charge is 2.24. The Morgan fingerprint density at radius 2 is 1.86 bits per heavy atom. The van der Waals surface area contributed by atoms with Gasteiger partial charge in [-0.3, -0.25) is 9.36 Å². The van der Waals surface area contributed by atoms with E-state index in [1.165, 1.54) is 11.3 Å². The normalized spacial score (nSPS) is 15.7. The number of likely N-dealkylation sites (tertiary alicyclic amines) is 1. The van der Waals surface area contributed by atoms with Crippen LogP contribution in [0.15, 0.2) is 42.7 Å². The molecule has 5 rings (SSSR count). The number of carbonyl (C=O) groups is 1. The number of imidazole rings is 1. The first kappa shape index (κ1) is 26.1. The van der Waals surface area contributed by atoms with Crippen molar-refractivity contribution in [1.82, 2.24) is 14.5 Å². The fourth-order valence-electron chi connectivity index (χ4n) is 4.39. The topological polar surface area (TPSA) is 82.6 Å². The molecule has 1 aliphatic heterocycles. The van der Waals surface area contributed by atoms with Gasteiger partial charge in [0.25, 0.3) is 5.91 Å². The van der Waals surface area contributed by atoms with E-state index in [-0.39, 0.29) is 6.10 Å². The molecule has 0 bridgehead atoms. The van der Waals surface area contributed by atoms with E-state index in [1.807, 2.05) is 29.7 Å². The zero-order valence-electron chi connectivity index (χ0n) is 20.2. The van der Waals surface area contributed by atoms with Gasteiger partial charge >= 0.3 is 0 Å². The Morgan fingerprint density at radius 3 is 2.59 bits per heavy atom. The number of rotatable bonds is 7. The minimum atomic E-state index is -0.589. The Labute approximate surface area is 233 Å². The molecule has 0 radical (unpaired) electrons. The van der Waals surface area contributed by atoms with E-state index in [9.17, 15) is 4.79 Å². The molecule has 0 unspecified atom stereocenters. The summed E-state index contributed by atoms with van der Waals surface area (Å²) >= 11 is 20.3. The minimum absolute atomic E-state index is 0.120. The quantitative estimate of drug-likeness (QED) is 0.262. The van der Waals surface area contributed by atoms with Crippen molar-refractivity contribution in [2.24, 2.45) is 5.73 Å². The first-order valence-electron chi connectivity index (χ1n) is 11.8. The number of aromatic nitrogens is 2. The number of fused-ring (bicyclic) bond motifs is 1.